The van der Waals surface area contributed by atoms with Gasteiger partial charge in [-0.25, -0.2) is 0 Å². The van der Waals surface area contributed by atoms with Crippen LogP contribution in [-0.4, -0.2) is 51.9 Å². The number of aromatic hydroxyl groups is 2. The molecule has 2 heterocycles. The first-order valence-electron chi connectivity index (χ1n) is 17.1. The van der Waals surface area contributed by atoms with E-state index in [0.717, 1.165) is 47.9 Å². The predicted molar refractivity (Wildman–Crippen MR) is 188 cm³/mol. The van der Waals surface area contributed by atoms with Crippen molar-refractivity contribution < 1.29 is 48.1 Å². The Labute approximate surface area is 293 Å². The predicted octanol–water partition coefficient (Wildman–Crippen LogP) is 8.70. The summed E-state index contributed by atoms with van der Waals surface area (Å²) >= 11 is 0. The second kappa shape index (κ2) is 15.4. The molecular weight excluding hydrogens is 640 g/mol. The van der Waals surface area contributed by atoms with Crippen molar-refractivity contribution in [2.75, 3.05) is 41.7 Å². The molecule has 4 aromatic carbocycles. The van der Waals surface area contributed by atoms with Gasteiger partial charge in [0.1, 0.15) is 0 Å². The normalized spacial score (nSPS) is 19.6. The third-order valence-corrected chi connectivity index (χ3v) is 9.46. The van der Waals surface area contributed by atoms with Gasteiger partial charge in [0.15, 0.2) is 46.0 Å². The topological polar surface area (TPSA) is 114 Å². The monoisotopic (exact) mass is 686 g/mol. The summed E-state index contributed by atoms with van der Waals surface area (Å²) in [7, 11) is 6.21. The Bertz CT molecular complexity index is 1800. The lowest BCUT2D eigenvalue weighted by Crippen LogP contribution is -2.14. The third kappa shape index (κ3) is 6.95. The molecule has 0 aromatic heterocycles. The highest BCUT2D eigenvalue weighted by molar-refractivity contribution is 5.57. The minimum absolute atomic E-state index is 0.0394. The number of phenolic OH excluding ortho intramolecular Hbond substituents is 2. The first-order valence-corrected chi connectivity index (χ1v) is 17.1. The van der Waals surface area contributed by atoms with Gasteiger partial charge in [0, 0.05) is 11.8 Å². The summed E-state index contributed by atoms with van der Waals surface area (Å²) in [6.45, 7) is 5.17. The smallest absolute Gasteiger partial charge is 0.201 e. The average molecular weight is 687 g/mol. The molecular formula is C40H46O10. The van der Waals surface area contributed by atoms with Crippen LogP contribution in [0.25, 0.3) is 0 Å². The molecule has 4 unspecified atom stereocenters. The van der Waals surface area contributed by atoms with Crippen molar-refractivity contribution in [3.63, 3.8) is 0 Å². The van der Waals surface area contributed by atoms with E-state index in [2.05, 4.69) is 13.8 Å². The van der Waals surface area contributed by atoms with E-state index >= 15 is 0 Å². The Morgan fingerprint density at radius 1 is 0.520 bits per heavy atom. The molecule has 0 aliphatic carbocycles. The van der Waals surface area contributed by atoms with Crippen LogP contribution >= 0.6 is 0 Å². The molecule has 0 amide bonds. The zero-order chi connectivity index (χ0) is 35.4. The largest absolute Gasteiger partial charge is 0.502 e. The molecule has 0 radical (unpaired) electrons. The van der Waals surface area contributed by atoms with Crippen molar-refractivity contribution >= 4 is 0 Å². The van der Waals surface area contributed by atoms with E-state index in [0.29, 0.717) is 47.7 Å². The van der Waals surface area contributed by atoms with Crippen molar-refractivity contribution in [2.24, 2.45) is 11.8 Å². The zero-order valence-corrected chi connectivity index (χ0v) is 29.5. The van der Waals surface area contributed by atoms with E-state index in [-0.39, 0.29) is 47.0 Å². The summed E-state index contributed by atoms with van der Waals surface area (Å²) in [4.78, 5) is 0. The Balaban J connectivity index is 1.23. The molecule has 2 aliphatic rings. The Hall–Kier alpha value is -4.80. The van der Waals surface area contributed by atoms with Crippen molar-refractivity contribution in [3.05, 3.63) is 82.9 Å². The first kappa shape index (κ1) is 35.0. The van der Waals surface area contributed by atoms with Crippen LogP contribution in [0.4, 0.5) is 0 Å². The van der Waals surface area contributed by atoms with Gasteiger partial charge in [0.05, 0.1) is 53.9 Å². The molecule has 2 saturated heterocycles. The maximum atomic E-state index is 11.0. The summed E-state index contributed by atoms with van der Waals surface area (Å²) in [6, 6.07) is 18.7. The van der Waals surface area contributed by atoms with E-state index in [1.807, 2.05) is 48.5 Å². The van der Waals surface area contributed by atoms with E-state index in [4.69, 9.17) is 37.9 Å². The van der Waals surface area contributed by atoms with Crippen LogP contribution in [0.5, 0.6) is 57.5 Å². The van der Waals surface area contributed by atoms with Gasteiger partial charge in [-0.15, -0.1) is 0 Å². The van der Waals surface area contributed by atoms with Gasteiger partial charge in [-0.3, -0.25) is 0 Å². The number of benzene rings is 4. The maximum Gasteiger partial charge on any atom is 0.201 e. The molecule has 4 atom stereocenters. The van der Waals surface area contributed by atoms with Crippen LogP contribution in [0.3, 0.4) is 0 Å². The summed E-state index contributed by atoms with van der Waals surface area (Å²) in [5, 5.41) is 21.8. The maximum absolute atomic E-state index is 11.0. The number of ether oxygens (including phenoxy) is 8. The van der Waals surface area contributed by atoms with Crippen LogP contribution in [0.1, 0.15) is 61.2 Å². The minimum Gasteiger partial charge on any atom is -0.502 e. The van der Waals surface area contributed by atoms with E-state index in [1.54, 1.807) is 26.4 Å². The summed E-state index contributed by atoms with van der Waals surface area (Å²) in [5.41, 5.74) is 3.89. The number of hydrogen-bond acceptors (Lipinski definition) is 10. The summed E-state index contributed by atoms with van der Waals surface area (Å²) in [6.07, 6.45) is 3.15. The van der Waals surface area contributed by atoms with E-state index in [9.17, 15) is 10.2 Å². The fourth-order valence-electron chi connectivity index (χ4n) is 6.96. The third-order valence-electron chi connectivity index (χ3n) is 9.46. The molecule has 10 nitrogen and oxygen atoms in total. The van der Waals surface area contributed by atoms with Gasteiger partial charge in [-0.1, -0.05) is 38.8 Å². The second-order valence-electron chi connectivity index (χ2n) is 12.6. The number of methoxy groups -OCH3 is 4. The standard InChI is InChI=1S/C40H46O10/c1-7-9-23-11-13-29(31(15-23)43-3)50-36-20-26(19-34(46-6)38(36)42)40-28-22-47-39(27(28)21-48-40)25-12-14-30(32(18-25)44-4)49-35-17-24(10-8-2)16-33(45-5)37(35)41/h11-20,27-28,39-42H,7-10,21-22H2,1-6H3. The molecule has 2 fully saturated rings. The second-order valence-corrected chi connectivity index (χ2v) is 12.6. The van der Waals surface area contributed by atoms with Gasteiger partial charge < -0.3 is 48.1 Å². The molecule has 10 heteroatoms. The molecule has 0 saturated carbocycles. The highest BCUT2D eigenvalue weighted by atomic mass is 16.5. The number of aryl methyl sites for hydroxylation is 2. The lowest BCUT2D eigenvalue weighted by molar-refractivity contribution is 0.0191. The number of rotatable bonds is 14. The lowest BCUT2D eigenvalue weighted by Gasteiger charge is -2.20. The van der Waals surface area contributed by atoms with Crippen LogP contribution in [0.15, 0.2) is 60.7 Å². The fourth-order valence-corrected chi connectivity index (χ4v) is 6.96. The Morgan fingerprint density at radius 2 is 0.960 bits per heavy atom. The lowest BCUT2D eigenvalue weighted by atomic mass is 9.84. The molecule has 2 N–H and O–H groups in total. The number of hydrogen-bond donors (Lipinski definition) is 2. The van der Waals surface area contributed by atoms with Gasteiger partial charge in [-0.2, -0.15) is 0 Å². The molecule has 0 bridgehead atoms. The number of phenols is 2. The Morgan fingerprint density at radius 3 is 1.56 bits per heavy atom. The van der Waals surface area contributed by atoms with Crippen molar-refractivity contribution in [2.45, 2.75) is 51.7 Å². The Kier molecular flexibility index (Phi) is 10.8. The van der Waals surface area contributed by atoms with E-state index < -0.39 is 0 Å². The highest BCUT2D eigenvalue weighted by Gasteiger charge is 2.48. The fraction of sp³-hybridized carbons (Fsp3) is 0.400. The van der Waals surface area contributed by atoms with Crippen molar-refractivity contribution in [1.29, 1.82) is 0 Å². The van der Waals surface area contributed by atoms with Crippen LogP contribution < -0.4 is 28.4 Å². The molecule has 266 valence electrons. The highest BCUT2D eigenvalue weighted by Crippen LogP contribution is 2.53. The molecule has 6 rings (SSSR count). The summed E-state index contributed by atoms with van der Waals surface area (Å²) < 4.78 is 47.6. The average Bonchev–Trinajstić information content (AvgIpc) is 3.74. The molecule has 50 heavy (non-hydrogen) atoms. The first-order chi connectivity index (χ1) is 24.3. The van der Waals surface area contributed by atoms with Gasteiger partial charge in [-0.05, 0) is 83.6 Å². The van der Waals surface area contributed by atoms with Crippen LogP contribution in [0.2, 0.25) is 0 Å². The number of fused-ring (bicyclic) bond motifs is 1. The van der Waals surface area contributed by atoms with Crippen molar-refractivity contribution in [3.8, 4) is 57.5 Å². The summed E-state index contributed by atoms with van der Waals surface area (Å²) in [5.74, 6) is 3.13. The van der Waals surface area contributed by atoms with Gasteiger partial charge in [0.2, 0.25) is 11.5 Å². The molecule has 4 aromatic rings. The quantitative estimate of drug-likeness (QED) is 0.134. The van der Waals surface area contributed by atoms with Gasteiger partial charge >= 0.3 is 0 Å². The molecule has 2 aliphatic heterocycles. The van der Waals surface area contributed by atoms with Gasteiger partial charge in [0.25, 0.3) is 0 Å². The SMILES string of the molecule is CCCc1ccc(Oc2cc(C3OCC4C(c5ccc(Oc6cc(CCC)cc(OC)c6O)c(OC)c5)OCC34)cc(OC)c2O)c(OC)c1. The van der Waals surface area contributed by atoms with Crippen LogP contribution in [-0.2, 0) is 22.3 Å². The minimum atomic E-state index is -0.312. The van der Waals surface area contributed by atoms with E-state index in [1.165, 1.54) is 14.2 Å². The zero-order valence-electron chi connectivity index (χ0n) is 29.5. The molecule has 0 spiro atoms. The van der Waals surface area contributed by atoms with Crippen molar-refractivity contribution in [1.82, 2.24) is 0 Å². The van der Waals surface area contributed by atoms with Crippen LogP contribution in [0, 0.1) is 11.8 Å².